The van der Waals surface area contributed by atoms with E-state index in [-0.39, 0.29) is 18.7 Å². The Morgan fingerprint density at radius 1 is 1.32 bits per heavy atom. The average molecular weight is 326 g/mol. The van der Waals surface area contributed by atoms with E-state index in [4.69, 9.17) is 9.47 Å². The minimum atomic E-state index is -0.0313. The highest BCUT2D eigenvalue weighted by Crippen LogP contribution is 2.33. The van der Waals surface area contributed by atoms with Crippen molar-refractivity contribution in [2.75, 3.05) is 12.1 Å². The van der Waals surface area contributed by atoms with Gasteiger partial charge in [-0.05, 0) is 37.0 Å². The Bertz CT molecular complexity index is 492. The van der Waals surface area contributed by atoms with Crippen LogP contribution >= 0.6 is 15.9 Å². The summed E-state index contributed by atoms with van der Waals surface area (Å²) in [6, 6.07) is 5.59. The fraction of sp³-hybridized carbons (Fsp3) is 0.500. The minimum Gasteiger partial charge on any atom is -0.454 e. The van der Waals surface area contributed by atoms with Gasteiger partial charge in [0.25, 0.3) is 5.91 Å². The van der Waals surface area contributed by atoms with Crippen LogP contribution in [0.3, 0.4) is 0 Å². The normalized spacial score (nSPS) is 24.5. The van der Waals surface area contributed by atoms with E-state index >= 15 is 0 Å². The number of hydrogen-bond acceptors (Lipinski definition) is 3. The van der Waals surface area contributed by atoms with Crippen LogP contribution in [0.1, 0.15) is 29.6 Å². The molecule has 1 aromatic rings. The Kier molecular flexibility index (Phi) is 3.64. The molecule has 0 bridgehead atoms. The van der Waals surface area contributed by atoms with Gasteiger partial charge >= 0.3 is 0 Å². The van der Waals surface area contributed by atoms with Gasteiger partial charge in [0.15, 0.2) is 11.5 Å². The molecule has 2 aliphatic rings. The number of benzene rings is 1. The highest BCUT2D eigenvalue weighted by molar-refractivity contribution is 9.09. The van der Waals surface area contributed by atoms with Crippen LogP contribution in [-0.2, 0) is 0 Å². The van der Waals surface area contributed by atoms with Gasteiger partial charge in [-0.2, -0.15) is 0 Å². The molecular weight excluding hydrogens is 310 g/mol. The first kappa shape index (κ1) is 12.8. The number of rotatable bonds is 3. The van der Waals surface area contributed by atoms with Crippen LogP contribution in [0, 0.1) is 5.92 Å². The third-order valence-electron chi connectivity index (χ3n) is 3.81. The quantitative estimate of drug-likeness (QED) is 0.869. The summed E-state index contributed by atoms with van der Waals surface area (Å²) in [6.45, 7) is 0.231. The minimum absolute atomic E-state index is 0.0313. The van der Waals surface area contributed by atoms with E-state index in [0.717, 1.165) is 11.8 Å². The van der Waals surface area contributed by atoms with E-state index in [2.05, 4.69) is 21.2 Å². The van der Waals surface area contributed by atoms with Crippen molar-refractivity contribution in [2.24, 2.45) is 5.92 Å². The summed E-state index contributed by atoms with van der Waals surface area (Å²) in [7, 11) is 0. The van der Waals surface area contributed by atoms with Crippen molar-refractivity contribution >= 4 is 21.8 Å². The molecule has 1 saturated carbocycles. The van der Waals surface area contributed by atoms with Gasteiger partial charge in [-0.15, -0.1) is 0 Å². The summed E-state index contributed by atoms with van der Waals surface area (Å²) in [4.78, 5) is 12.2. The third kappa shape index (κ3) is 2.56. The van der Waals surface area contributed by atoms with Crippen LogP contribution in [-0.4, -0.2) is 24.1 Å². The molecule has 3 rings (SSSR count). The first-order valence-electron chi connectivity index (χ1n) is 6.54. The summed E-state index contributed by atoms with van der Waals surface area (Å²) in [5.74, 6) is 1.86. The number of halogens is 1. The Morgan fingerprint density at radius 2 is 2.16 bits per heavy atom. The van der Waals surface area contributed by atoms with Crippen molar-refractivity contribution in [3.05, 3.63) is 23.8 Å². The van der Waals surface area contributed by atoms with Gasteiger partial charge in [0.05, 0.1) is 0 Å². The number of amides is 1. The molecule has 2 atom stereocenters. The smallest absolute Gasteiger partial charge is 0.251 e. The van der Waals surface area contributed by atoms with Crippen LogP contribution < -0.4 is 14.8 Å². The van der Waals surface area contributed by atoms with Crippen molar-refractivity contribution in [1.82, 2.24) is 5.32 Å². The van der Waals surface area contributed by atoms with Gasteiger partial charge in [0.1, 0.15) is 0 Å². The zero-order valence-corrected chi connectivity index (χ0v) is 12.1. The molecule has 5 heteroatoms. The lowest BCUT2D eigenvalue weighted by molar-refractivity contribution is 0.0930. The highest BCUT2D eigenvalue weighted by Gasteiger charge is 2.28. The van der Waals surface area contributed by atoms with E-state index in [1.807, 2.05) is 0 Å². The molecule has 1 fully saturated rings. The number of fused-ring (bicyclic) bond motifs is 1. The molecule has 19 heavy (non-hydrogen) atoms. The second-order valence-electron chi connectivity index (χ2n) is 4.99. The molecule has 0 spiro atoms. The molecule has 1 aliphatic heterocycles. The molecule has 0 radical (unpaired) electrons. The van der Waals surface area contributed by atoms with Crippen LogP contribution in [0.5, 0.6) is 11.5 Å². The average Bonchev–Trinajstić information content (AvgIpc) is 3.05. The lowest BCUT2D eigenvalue weighted by Gasteiger charge is -2.19. The van der Waals surface area contributed by atoms with Crippen molar-refractivity contribution in [2.45, 2.75) is 25.3 Å². The number of hydrogen-bond donors (Lipinski definition) is 1. The number of ether oxygens (including phenoxy) is 2. The third-order valence-corrected chi connectivity index (χ3v) is 4.64. The molecule has 2 unspecified atom stereocenters. The molecule has 1 aromatic carbocycles. The van der Waals surface area contributed by atoms with Gasteiger partial charge in [0, 0.05) is 16.9 Å². The van der Waals surface area contributed by atoms with Gasteiger partial charge < -0.3 is 14.8 Å². The zero-order chi connectivity index (χ0) is 13.2. The second kappa shape index (κ2) is 5.41. The van der Waals surface area contributed by atoms with E-state index in [9.17, 15) is 4.79 Å². The van der Waals surface area contributed by atoms with Crippen molar-refractivity contribution in [1.29, 1.82) is 0 Å². The number of carbonyl (C=O) groups is 1. The Labute approximate surface area is 120 Å². The fourth-order valence-corrected chi connectivity index (χ4v) is 3.48. The van der Waals surface area contributed by atoms with Crippen molar-refractivity contribution < 1.29 is 14.3 Å². The topological polar surface area (TPSA) is 47.6 Å². The largest absolute Gasteiger partial charge is 0.454 e. The monoisotopic (exact) mass is 325 g/mol. The van der Waals surface area contributed by atoms with E-state index < -0.39 is 0 Å². The zero-order valence-electron chi connectivity index (χ0n) is 10.5. The molecule has 4 nitrogen and oxygen atoms in total. The number of alkyl halides is 1. The van der Waals surface area contributed by atoms with Crippen LogP contribution in [0.4, 0.5) is 0 Å². The van der Waals surface area contributed by atoms with E-state index in [1.165, 1.54) is 12.8 Å². The maximum absolute atomic E-state index is 12.2. The van der Waals surface area contributed by atoms with Crippen molar-refractivity contribution in [3.8, 4) is 11.5 Å². The summed E-state index contributed by atoms with van der Waals surface area (Å²) < 4.78 is 10.5. The van der Waals surface area contributed by atoms with Crippen LogP contribution in [0.25, 0.3) is 0 Å². The SMILES string of the molecule is O=C(NC1CCCC1CBr)c1ccc2c(c1)OCO2. The Hall–Kier alpha value is -1.23. The van der Waals surface area contributed by atoms with Gasteiger partial charge in [0.2, 0.25) is 6.79 Å². The maximum atomic E-state index is 12.2. The first-order valence-corrected chi connectivity index (χ1v) is 7.66. The molecule has 0 aromatic heterocycles. The predicted octanol–water partition coefficient (Wildman–Crippen LogP) is 2.71. The summed E-state index contributed by atoms with van der Waals surface area (Å²) >= 11 is 3.52. The summed E-state index contributed by atoms with van der Waals surface area (Å²) in [6.07, 6.45) is 3.42. The second-order valence-corrected chi connectivity index (χ2v) is 5.64. The molecule has 1 aliphatic carbocycles. The van der Waals surface area contributed by atoms with Gasteiger partial charge in [-0.1, -0.05) is 22.4 Å². The van der Waals surface area contributed by atoms with Crippen LogP contribution in [0.2, 0.25) is 0 Å². The number of nitrogens with one attached hydrogen (secondary N) is 1. The summed E-state index contributed by atoms with van der Waals surface area (Å²) in [5, 5.41) is 4.07. The molecule has 1 N–H and O–H groups in total. The fourth-order valence-electron chi connectivity index (χ4n) is 2.70. The highest BCUT2D eigenvalue weighted by atomic mass is 79.9. The standard InChI is InChI=1S/C14H16BrNO3/c15-7-10-2-1-3-11(10)16-14(17)9-4-5-12-13(6-9)19-8-18-12/h4-6,10-11H,1-3,7-8H2,(H,16,17). The van der Waals surface area contributed by atoms with Gasteiger partial charge in [-0.3, -0.25) is 4.79 Å². The molecule has 1 amide bonds. The molecule has 1 heterocycles. The Morgan fingerprint density at radius 3 is 3.00 bits per heavy atom. The lowest BCUT2D eigenvalue weighted by Crippen LogP contribution is -2.37. The number of carbonyl (C=O) groups excluding carboxylic acids is 1. The maximum Gasteiger partial charge on any atom is 0.251 e. The molecule has 102 valence electrons. The molecule has 0 saturated heterocycles. The van der Waals surface area contributed by atoms with E-state index in [0.29, 0.717) is 23.0 Å². The van der Waals surface area contributed by atoms with Crippen LogP contribution in [0.15, 0.2) is 18.2 Å². The van der Waals surface area contributed by atoms with Gasteiger partial charge in [-0.25, -0.2) is 0 Å². The molecular formula is C14H16BrNO3. The predicted molar refractivity (Wildman–Crippen MR) is 75.0 cm³/mol. The Balaban J connectivity index is 1.70. The van der Waals surface area contributed by atoms with Crippen molar-refractivity contribution in [3.63, 3.8) is 0 Å². The van der Waals surface area contributed by atoms with E-state index in [1.54, 1.807) is 18.2 Å². The first-order chi connectivity index (χ1) is 9.28. The summed E-state index contributed by atoms with van der Waals surface area (Å²) in [5.41, 5.74) is 0.629. The lowest BCUT2D eigenvalue weighted by atomic mass is 10.1.